The Morgan fingerprint density at radius 1 is 1.17 bits per heavy atom. The van der Waals surface area contributed by atoms with E-state index < -0.39 is 10.0 Å². The monoisotopic (exact) mass is 338 g/mol. The first-order valence-electron chi connectivity index (χ1n) is 8.38. The largest absolute Gasteiger partial charge is 0.343 e. The number of amides is 1. The van der Waals surface area contributed by atoms with Gasteiger partial charge in [-0.25, -0.2) is 13.1 Å². The average molecular weight is 338 g/mol. The maximum atomic E-state index is 12.3. The van der Waals surface area contributed by atoms with Crippen LogP contribution >= 0.6 is 0 Å². The molecule has 1 aliphatic heterocycles. The first-order valence-corrected chi connectivity index (χ1v) is 9.86. The van der Waals surface area contributed by atoms with Gasteiger partial charge in [-0.1, -0.05) is 38.0 Å². The van der Waals surface area contributed by atoms with E-state index >= 15 is 0 Å². The Kier molecular flexibility index (Phi) is 6.59. The molecule has 1 saturated heterocycles. The lowest BCUT2D eigenvalue weighted by atomic mass is 10.1. The lowest BCUT2D eigenvalue weighted by Crippen LogP contribution is -2.46. The summed E-state index contributed by atoms with van der Waals surface area (Å²) in [7, 11) is -3.47. The van der Waals surface area contributed by atoms with Crippen LogP contribution in [0.4, 0.5) is 0 Å². The van der Waals surface area contributed by atoms with E-state index in [-0.39, 0.29) is 16.8 Å². The fraction of sp³-hybridized carbons (Fsp3) is 0.588. The van der Waals surface area contributed by atoms with Crippen molar-refractivity contribution >= 4 is 15.9 Å². The normalized spacial score (nSPS) is 16.5. The Labute approximate surface area is 139 Å². The van der Waals surface area contributed by atoms with Gasteiger partial charge < -0.3 is 4.90 Å². The molecule has 1 aromatic carbocycles. The summed E-state index contributed by atoms with van der Waals surface area (Å²) in [6.07, 6.45) is 5.08. The van der Waals surface area contributed by atoms with Crippen LogP contribution in [0.15, 0.2) is 35.2 Å². The number of rotatable bonds is 7. The SMILES string of the molecule is CCCCCC(=O)N1CCC(NS(=O)(=O)c2ccccc2)CC1. The van der Waals surface area contributed by atoms with Crippen LogP contribution in [0.3, 0.4) is 0 Å². The van der Waals surface area contributed by atoms with E-state index in [4.69, 9.17) is 0 Å². The molecule has 1 N–H and O–H groups in total. The van der Waals surface area contributed by atoms with Crippen molar-refractivity contribution in [3.8, 4) is 0 Å². The van der Waals surface area contributed by atoms with Crippen molar-refractivity contribution in [2.75, 3.05) is 13.1 Å². The number of nitrogens with one attached hydrogen (secondary N) is 1. The van der Waals surface area contributed by atoms with Crippen molar-refractivity contribution in [3.05, 3.63) is 30.3 Å². The van der Waals surface area contributed by atoms with Crippen LogP contribution in [0.2, 0.25) is 0 Å². The molecule has 0 bridgehead atoms. The van der Waals surface area contributed by atoms with Crippen LogP contribution in [0, 0.1) is 0 Å². The average Bonchev–Trinajstić information content (AvgIpc) is 2.56. The van der Waals surface area contributed by atoms with Crippen LogP contribution in [-0.4, -0.2) is 38.4 Å². The molecule has 6 heteroatoms. The standard InChI is InChI=1S/C17H26N2O3S/c1-2-3-5-10-17(20)19-13-11-15(12-14-19)18-23(21,22)16-8-6-4-7-9-16/h4,6-9,15,18H,2-3,5,10-14H2,1H3. The second kappa shape index (κ2) is 8.45. The van der Waals surface area contributed by atoms with Gasteiger partial charge in [-0.3, -0.25) is 4.79 Å². The molecule has 23 heavy (non-hydrogen) atoms. The summed E-state index contributed by atoms with van der Waals surface area (Å²) < 4.78 is 27.4. The van der Waals surface area contributed by atoms with Gasteiger partial charge >= 0.3 is 0 Å². The number of piperidine rings is 1. The van der Waals surface area contributed by atoms with Crippen LogP contribution in [0.5, 0.6) is 0 Å². The summed E-state index contributed by atoms with van der Waals surface area (Å²) >= 11 is 0. The number of hydrogen-bond donors (Lipinski definition) is 1. The van der Waals surface area contributed by atoms with E-state index in [2.05, 4.69) is 11.6 Å². The van der Waals surface area contributed by atoms with Crippen LogP contribution in [0.25, 0.3) is 0 Å². The Bertz CT molecular complexity index is 594. The fourth-order valence-corrected chi connectivity index (χ4v) is 4.14. The Hall–Kier alpha value is -1.40. The number of likely N-dealkylation sites (tertiary alicyclic amines) is 1. The molecule has 0 radical (unpaired) electrons. The summed E-state index contributed by atoms with van der Waals surface area (Å²) in [6, 6.07) is 8.31. The highest BCUT2D eigenvalue weighted by atomic mass is 32.2. The minimum absolute atomic E-state index is 0.0973. The minimum atomic E-state index is -3.47. The highest BCUT2D eigenvalue weighted by Crippen LogP contribution is 2.16. The molecule has 1 fully saturated rings. The van der Waals surface area contributed by atoms with Crippen LogP contribution < -0.4 is 4.72 Å². The maximum Gasteiger partial charge on any atom is 0.240 e. The molecule has 1 heterocycles. The number of benzene rings is 1. The maximum absolute atomic E-state index is 12.3. The molecule has 1 aliphatic rings. The van der Waals surface area contributed by atoms with Crippen LogP contribution in [0.1, 0.15) is 45.4 Å². The summed E-state index contributed by atoms with van der Waals surface area (Å²) in [5, 5.41) is 0. The van der Waals surface area contributed by atoms with E-state index in [9.17, 15) is 13.2 Å². The van der Waals surface area contributed by atoms with Crippen molar-refractivity contribution in [2.24, 2.45) is 0 Å². The minimum Gasteiger partial charge on any atom is -0.343 e. The zero-order chi connectivity index (χ0) is 16.7. The predicted octanol–water partition coefficient (Wildman–Crippen LogP) is 2.54. The number of nitrogens with zero attached hydrogens (tertiary/aromatic N) is 1. The zero-order valence-corrected chi connectivity index (χ0v) is 14.5. The van der Waals surface area contributed by atoms with Gasteiger partial charge in [0.25, 0.3) is 0 Å². The molecule has 1 amide bonds. The third-order valence-electron chi connectivity index (χ3n) is 4.22. The zero-order valence-electron chi connectivity index (χ0n) is 13.7. The second-order valence-electron chi connectivity index (χ2n) is 6.05. The van der Waals surface area contributed by atoms with Gasteiger partial charge in [0.2, 0.25) is 15.9 Å². The van der Waals surface area contributed by atoms with Crippen molar-refractivity contribution in [1.82, 2.24) is 9.62 Å². The summed E-state index contributed by atoms with van der Waals surface area (Å²) in [6.45, 7) is 3.38. The summed E-state index contributed by atoms with van der Waals surface area (Å²) in [5.41, 5.74) is 0. The number of carbonyl (C=O) groups excluding carboxylic acids is 1. The molecule has 1 aromatic rings. The lowest BCUT2D eigenvalue weighted by Gasteiger charge is -2.32. The molecule has 0 spiro atoms. The Morgan fingerprint density at radius 2 is 1.83 bits per heavy atom. The molecule has 0 saturated carbocycles. The van der Waals surface area contributed by atoms with Gasteiger partial charge in [0.1, 0.15) is 0 Å². The number of unbranched alkanes of at least 4 members (excludes halogenated alkanes) is 2. The van der Waals surface area contributed by atoms with E-state index in [0.717, 1.165) is 19.3 Å². The number of carbonyl (C=O) groups is 1. The van der Waals surface area contributed by atoms with Gasteiger partial charge in [-0.15, -0.1) is 0 Å². The second-order valence-corrected chi connectivity index (χ2v) is 7.76. The molecule has 0 atom stereocenters. The first-order chi connectivity index (χ1) is 11.0. The lowest BCUT2D eigenvalue weighted by molar-refractivity contribution is -0.132. The Morgan fingerprint density at radius 3 is 2.43 bits per heavy atom. The summed E-state index contributed by atoms with van der Waals surface area (Å²) in [5.74, 6) is 0.197. The third-order valence-corrected chi connectivity index (χ3v) is 5.75. The van der Waals surface area contributed by atoms with E-state index in [1.807, 2.05) is 4.90 Å². The smallest absolute Gasteiger partial charge is 0.240 e. The van der Waals surface area contributed by atoms with Crippen molar-refractivity contribution in [2.45, 2.75) is 56.4 Å². The van der Waals surface area contributed by atoms with E-state index in [0.29, 0.717) is 32.4 Å². The fourth-order valence-electron chi connectivity index (χ4n) is 2.82. The van der Waals surface area contributed by atoms with E-state index in [1.54, 1.807) is 30.3 Å². The highest BCUT2D eigenvalue weighted by Gasteiger charge is 2.26. The van der Waals surface area contributed by atoms with Gasteiger partial charge in [-0.2, -0.15) is 0 Å². The van der Waals surface area contributed by atoms with Gasteiger partial charge in [-0.05, 0) is 31.4 Å². The quantitative estimate of drug-likeness (QED) is 0.777. The van der Waals surface area contributed by atoms with Gasteiger partial charge in [0.05, 0.1) is 4.90 Å². The van der Waals surface area contributed by atoms with Crippen molar-refractivity contribution in [3.63, 3.8) is 0 Å². The van der Waals surface area contributed by atoms with Crippen molar-refractivity contribution < 1.29 is 13.2 Å². The van der Waals surface area contributed by atoms with Gasteiger partial charge in [0, 0.05) is 25.6 Å². The predicted molar refractivity (Wildman–Crippen MR) is 90.5 cm³/mol. The molecule has 2 rings (SSSR count). The van der Waals surface area contributed by atoms with Crippen LogP contribution in [-0.2, 0) is 14.8 Å². The number of hydrogen-bond acceptors (Lipinski definition) is 3. The molecular weight excluding hydrogens is 312 g/mol. The van der Waals surface area contributed by atoms with E-state index in [1.165, 1.54) is 0 Å². The molecule has 0 aromatic heterocycles. The Balaban J connectivity index is 1.82. The molecule has 0 unspecified atom stereocenters. The highest BCUT2D eigenvalue weighted by molar-refractivity contribution is 7.89. The van der Waals surface area contributed by atoms with Gasteiger partial charge in [0.15, 0.2) is 0 Å². The number of sulfonamides is 1. The van der Waals surface area contributed by atoms with Crippen molar-refractivity contribution in [1.29, 1.82) is 0 Å². The summed E-state index contributed by atoms with van der Waals surface area (Å²) in [4.78, 5) is 14.2. The first kappa shape index (κ1) is 17.9. The molecular formula is C17H26N2O3S. The molecule has 128 valence electrons. The third kappa shape index (κ3) is 5.32. The topological polar surface area (TPSA) is 66.5 Å². The molecule has 0 aliphatic carbocycles. The molecule has 5 nitrogen and oxygen atoms in total.